The van der Waals surface area contributed by atoms with Gasteiger partial charge in [0.05, 0.1) is 0 Å². The van der Waals surface area contributed by atoms with Gasteiger partial charge in [0.15, 0.2) is 5.11 Å². The molecule has 0 amide bonds. The van der Waals surface area contributed by atoms with Gasteiger partial charge in [0, 0.05) is 33.3 Å². The molecule has 3 N–H and O–H groups in total. The zero-order valence-electron chi connectivity index (χ0n) is 13.9. The molecular formula is C20H20BrN3S. The summed E-state index contributed by atoms with van der Waals surface area (Å²) < 4.78 is 1.06. The van der Waals surface area contributed by atoms with Crippen molar-refractivity contribution in [2.24, 2.45) is 0 Å². The van der Waals surface area contributed by atoms with E-state index in [-0.39, 0.29) is 0 Å². The van der Waals surface area contributed by atoms with Gasteiger partial charge in [-0.05, 0) is 85.4 Å². The van der Waals surface area contributed by atoms with Crippen LogP contribution in [0.2, 0.25) is 0 Å². The molecule has 5 heteroatoms. The largest absolute Gasteiger partial charge is 0.358 e. The minimum Gasteiger partial charge on any atom is -0.358 e. The van der Waals surface area contributed by atoms with Crippen LogP contribution in [0.5, 0.6) is 0 Å². The number of aromatic nitrogens is 1. The fourth-order valence-electron chi connectivity index (χ4n) is 3.45. The lowest BCUT2D eigenvalue weighted by Gasteiger charge is -2.12. The smallest absolute Gasteiger partial charge is 0.171 e. The molecule has 0 unspecified atom stereocenters. The van der Waals surface area contributed by atoms with Crippen LogP contribution in [0.3, 0.4) is 0 Å². The summed E-state index contributed by atoms with van der Waals surface area (Å²) in [4.78, 5) is 3.58. The summed E-state index contributed by atoms with van der Waals surface area (Å²) in [6.07, 6.45) is 4.96. The number of fused-ring (bicyclic) bond motifs is 3. The molecule has 0 fully saturated rings. The van der Waals surface area contributed by atoms with Crippen LogP contribution >= 0.6 is 28.1 Å². The number of aromatic amines is 1. The average molecular weight is 414 g/mol. The number of rotatable bonds is 3. The first-order chi connectivity index (χ1) is 12.2. The van der Waals surface area contributed by atoms with Crippen LogP contribution in [0, 0.1) is 0 Å². The van der Waals surface area contributed by atoms with E-state index >= 15 is 0 Å². The van der Waals surface area contributed by atoms with Gasteiger partial charge in [-0.1, -0.05) is 22.0 Å². The Morgan fingerprint density at radius 1 is 1.08 bits per heavy atom. The van der Waals surface area contributed by atoms with Gasteiger partial charge in [0.2, 0.25) is 0 Å². The minimum absolute atomic E-state index is 0.638. The normalized spacial score (nSPS) is 13.5. The van der Waals surface area contributed by atoms with Crippen molar-refractivity contribution in [3.8, 4) is 0 Å². The summed E-state index contributed by atoms with van der Waals surface area (Å²) in [5.74, 6) is 0. The third-order valence-corrected chi connectivity index (χ3v) is 5.49. The Balaban J connectivity index is 1.43. The van der Waals surface area contributed by atoms with Gasteiger partial charge in [-0.15, -0.1) is 0 Å². The average Bonchev–Trinajstić information content (AvgIpc) is 3.00. The first-order valence-corrected chi connectivity index (χ1v) is 9.82. The number of anilines is 1. The van der Waals surface area contributed by atoms with E-state index < -0.39 is 0 Å². The predicted octanol–water partition coefficient (Wildman–Crippen LogP) is 5.30. The Morgan fingerprint density at radius 3 is 2.72 bits per heavy atom. The number of hydrogen-bond acceptors (Lipinski definition) is 1. The van der Waals surface area contributed by atoms with Crippen molar-refractivity contribution < 1.29 is 0 Å². The van der Waals surface area contributed by atoms with Gasteiger partial charge in [0.25, 0.3) is 0 Å². The van der Waals surface area contributed by atoms with Gasteiger partial charge in [-0.25, -0.2) is 0 Å². The molecule has 1 aromatic heterocycles. The fraction of sp³-hybridized carbons (Fsp3) is 0.250. The highest BCUT2D eigenvalue weighted by Gasteiger charge is 2.15. The van der Waals surface area contributed by atoms with Crippen LogP contribution < -0.4 is 10.6 Å². The Labute approximate surface area is 161 Å². The fourth-order valence-corrected chi connectivity index (χ4v) is 3.91. The molecule has 1 aliphatic carbocycles. The molecule has 2 aromatic carbocycles. The summed E-state index contributed by atoms with van der Waals surface area (Å²) in [5, 5.41) is 8.53. The first-order valence-electron chi connectivity index (χ1n) is 8.62. The topological polar surface area (TPSA) is 39.9 Å². The van der Waals surface area contributed by atoms with Crippen LogP contribution in [-0.4, -0.2) is 10.1 Å². The lowest BCUT2D eigenvalue weighted by molar-refractivity contribution is 0.680. The molecule has 0 saturated heterocycles. The van der Waals surface area contributed by atoms with E-state index in [2.05, 4.69) is 49.7 Å². The number of aryl methyl sites for hydroxylation is 2. The number of H-pyrrole nitrogens is 1. The van der Waals surface area contributed by atoms with Crippen molar-refractivity contribution >= 4 is 49.9 Å². The van der Waals surface area contributed by atoms with Gasteiger partial charge in [0.1, 0.15) is 0 Å². The summed E-state index contributed by atoms with van der Waals surface area (Å²) in [5.41, 5.74) is 6.43. The highest BCUT2D eigenvalue weighted by atomic mass is 79.9. The molecule has 0 aliphatic heterocycles. The van der Waals surface area contributed by atoms with E-state index in [9.17, 15) is 0 Å². The van der Waals surface area contributed by atoms with Gasteiger partial charge < -0.3 is 15.6 Å². The molecule has 0 bridgehead atoms. The lowest BCUT2D eigenvalue weighted by Crippen LogP contribution is -2.27. The summed E-state index contributed by atoms with van der Waals surface area (Å²) in [6, 6.07) is 14.6. The molecule has 1 heterocycles. The van der Waals surface area contributed by atoms with Crippen LogP contribution in [0.4, 0.5) is 5.69 Å². The molecule has 0 saturated carbocycles. The number of hydrogen-bond donors (Lipinski definition) is 3. The van der Waals surface area contributed by atoms with E-state index in [1.165, 1.54) is 53.4 Å². The number of halogens is 1. The third kappa shape index (κ3) is 3.72. The molecule has 0 atom stereocenters. The molecule has 0 spiro atoms. The third-order valence-electron chi connectivity index (χ3n) is 4.72. The van der Waals surface area contributed by atoms with Gasteiger partial charge in [-0.2, -0.15) is 0 Å². The molecule has 4 rings (SSSR count). The molecular weight excluding hydrogens is 394 g/mol. The second-order valence-corrected chi connectivity index (χ2v) is 7.81. The predicted molar refractivity (Wildman–Crippen MR) is 112 cm³/mol. The maximum Gasteiger partial charge on any atom is 0.171 e. The molecule has 0 radical (unpaired) electrons. The Hall–Kier alpha value is -1.85. The number of nitrogens with one attached hydrogen (secondary N) is 3. The van der Waals surface area contributed by atoms with Crippen LogP contribution in [0.15, 0.2) is 46.9 Å². The molecule has 25 heavy (non-hydrogen) atoms. The minimum atomic E-state index is 0.638. The monoisotopic (exact) mass is 413 g/mol. The van der Waals surface area contributed by atoms with Gasteiger partial charge >= 0.3 is 0 Å². The van der Waals surface area contributed by atoms with Crippen molar-refractivity contribution in [3.05, 3.63) is 63.8 Å². The van der Waals surface area contributed by atoms with E-state index in [0.717, 1.165) is 16.7 Å². The Bertz CT molecular complexity index is 915. The summed E-state index contributed by atoms with van der Waals surface area (Å²) >= 11 is 8.84. The summed E-state index contributed by atoms with van der Waals surface area (Å²) in [6.45, 7) is 0.720. The quantitative estimate of drug-likeness (QED) is 0.510. The highest BCUT2D eigenvalue weighted by molar-refractivity contribution is 9.10. The highest BCUT2D eigenvalue weighted by Crippen LogP contribution is 2.29. The Morgan fingerprint density at radius 2 is 1.88 bits per heavy atom. The zero-order valence-corrected chi connectivity index (χ0v) is 16.3. The van der Waals surface area contributed by atoms with Crippen LogP contribution in [0.25, 0.3) is 10.9 Å². The van der Waals surface area contributed by atoms with Crippen molar-refractivity contribution in [1.82, 2.24) is 10.3 Å². The molecule has 1 aliphatic rings. The van der Waals surface area contributed by atoms with Gasteiger partial charge in [-0.3, -0.25) is 0 Å². The van der Waals surface area contributed by atoms with Crippen molar-refractivity contribution in [2.75, 3.05) is 5.32 Å². The van der Waals surface area contributed by atoms with Crippen LogP contribution in [-0.2, 0) is 19.4 Å². The summed E-state index contributed by atoms with van der Waals surface area (Å²) in [7, 11) is 0. The standard InChI is InChI=1S/C20H20BrN3S/c21-14-6-8-15(9-7-14)23-20(25)22-12-13-5-10-19-17(11-13)16-3-1-2-4-18(16)24-19/h5-11,24H,1-4,12H2,(H2,22,23,25). The number of thiocarbonyl (C=S) groups is 1. The van der Waals surface area contributed by atoms with E-state index in [0.29, 0.717) is 5.11 Å². The van der Waals surface area contributed by atoms with E-state index in [1.807, 2.05) is 24.3 Å². The van der Waals surface area contributed by atoms with Crippen LogP contribution in [0.1, 0.15) is 29.7 Å². The second kappa shape index (κ2) is 7.18. The van der Waals surface area contributed by atoms with E-state index in [1.54, 1.807) is 0 Å². The molecule has 3 nitrogen and oxygen atoms in total. The Kier molecular flexibility index (Phi) is 4.77. The van der Waals surface area contributed by atoms with Crippen molar-refractivity contribution in [1.29, 1.82) is 0 Å². The maximum absolute atomic E-state index is 5.40. The molecule has 3 aromatic rings. The van der Waals surface area contributed by atoms with Crippen molar-refractivity contribution in [2.45, 2.75) is 32.2 Å². The zero-order chi connectivity index (χ0) is 17.2. The van der Waals surface area contributed by atoms with E-state index in [4.69, 9.17) is 12.2 Å². The molecule has 128 valence electrons. The lowest BCUT2D eigenvalue weighted by atomic mass is 9.95. The SMILES string of the molecule is S=C(NCc1ccc2[nH]c3c(c2c1)CCCC3)Nc1ccc(Br)cc1. The second-order valence-electron chi connectivity index (χ2n) is 6.48. The maximum atomic E-state index is 5.40. The first kappa shape index (κ1) is 16.6. The number of benzene rings is 2. The van der Waals surface area contributed by atoms with Crippen molar-refractivity contribution in [3.63, 3.8) is 0 Å².